The molecule has 0 aliphatic heterocycles. The van der Waals surface area contributed by atoms with Crippen LogP contribution in [0.5, 0.6) is 5.75 Å². The van der Waals surface area contributed by atoms with Gasteiger partial charge in [-0.15, -0.1) is 0 Å². The van der Waals surface area contributed by atoms with Crippen LogP contribution >= 0.6 is 15.9 Å². The molecule has 2 aromatic rings. The van der Waals surface area contributed by atoms with Crippen molar-refractivity contribution in [1.82, 2.24) is 4.98 Å². The summed E-state index contributed by atoms with van der Waals surface area (Å²) in [6.45, 7) is 4.84. The first-order chi connectivity index (χ1) is 9.20. The van der Waals surface area contributed by atoms with Gasteiger partial charge in [0, 0.05) is 23.6 Å². The number of hydrogen-bond donors (Lipinski definition) is 0. The summed E-state index contributed by atoms with van der Waals surface area (Å²) in [5, 5.41) is 0.878. The van der Waals surface area contributed by atoms with Gasteiger partial charge in [-0.2, -0.15) is 0 Å². The van der Waals surface area contributed by atoms with Gasteiger partial charge in [-0.3, -0.25) is 4.98 Å². The summed E-state index contributed by atoms with van der Waals surface area (Å²) >= 11 is 3.48. The lowest BCUT2D eigenvalue weighted by atomic mass is 10.1. The highest BCUT2D eigenvalue weighted by molar-refractivity contribution is 9.08. The van der Waals surface area contributed by atoms with Crippen LogP contribution < -0.4 is 4.74 Å². The lowest BCUT2D eigenvalue weighted by molar-refractivity contribution is 0.316. The van der Waals surface area contributed by atoms with E-state index in [0.29, 0.717) is 6.61 Å². The molecule has 0 aliphatic rings. The van der Waals surface area contributed by atoms with Crippen LogP contribution in [0.4, 0.5) is 0 Å². The minimum absolute atomic E-state index is 0.659. The fourth-order valence-electron chi connectivity index (χ4n) is 2.15. The van der Waals surface area contributed by atoms with E-state index < -0.39 is 0 Å². The lowest BCUT2D eigenvalue weighted by Crippen LogP contribution is -2.05. The number of rotatable bonds is 5. The second kappa shape index (κ2) is 6.71. The van der Waals surface area contributed by atoms with Crippen molar-refractivity contribution in [3.63, 3.8) is 0 Å². The van der Waals surface area contributed by atoms with Crippen LogP contribution in [-0.2, 0) is 11.8 Å². The number of nitrogens with zero attached hydrogens (tertiary/aromatic N) is 1. The Bertz CT molecular complexity index is 517. The predicted octanol–water partition coefficient (Wildman–Crippen LogP) is 4.21. The SMILES string of the molecule is Cc1cc(CBr)cc(C)c1OCCc1ccccn1. The molecule has 0 atom stereocenters. The van der Waals surface area contributed by atoms with Crippen molar-refractivity contribution in [2.45, 2.75) is 25.6 Å². The van der Waals surface area contributed by atoms with Gasteiger partial charge >= 0.3 is 0 Å². The normalized spacial score (nSPS) is 10.5. The molecule has 0 aliphatic carbocycles. The standard InChI is InChI=1S/C16H18BrNO/c1-12-9-14(11-17)10-13(2)16(12)19-8-6-15-5-3-4-7-18-15/h3-5,7,9-10H,6,8,11H2,1-2H3. The molecule has 1 heterocycles. The molecular formula is C16H18BrNO. The summed E-state index contributed by atoms with van der Waals surface area (Å²) in [4.78, 5) is 4.30. The summed E-state index contributed by atoms with van der Waals surface area (Å²) < 4.78 is 5.92. The number of benzene rings is 1. The van der Waals surface area contributed by atoms with E-state index in [1.165, 1.54) is 16.7 Å². The number of alkyl halides is 1. The van der Waals surface area contributed by atoms with E-state index in [2.05, 4.69) is 46.9 Å². The Morgan fingerprint density at radius 2 is 1.89 bits per heavy atom. The Labute approximate surface area is 123 Å². The first-order valence-corrected chi connectivity index (χ1v) is 7.51. The van der Waals surface area contributed by atoms with Crippen molar-refractivity contribution in [3.8, 4) is 5.75 Å². The molecule has 100 valence electrons. The van der Waals surface area contributed by atoms with Crippen LogP contribution in [0, 0.1) is 13.8 Å². The molecule has 0 unspecified atom stereocenters. The third kappa shape index (κ3) is 3.80. The third-order valence-electron chi connectivity index (χ3n) is 3.01. The number of halogens is 1. The van der Waals surface area contributed by atoms with Gasteiger partial charge in [0.2, 0.25) is 0 Å². The summed E-state index contributed by atoms with van der Waals surface area (Å²) in [5.41, 5.74) is 4.73. The van der Waals surface area contributed by atoms with Crippen LogP contribution in [0.25, 0.3) is 0 Å². The fourth-order valence-corrected chi connectivity index (χ4v) is 2.47. The Morgan fingerprint density at radius 3 is 2.47 bits per heavy atom. The summed E-state index contributed by atoms with van der Waals surface area (Å²) in [6, 6.07) is 10.3. The van der Waals surface area contributed by atoms with E-state index >= 15 is 0 Å². The Morgan fingerprint density at radius 1 is 1.16 bits per heavy atom. The minimum atomic E-state index is 0.659. The Kier molecular flexibility index (Phi) is 4.97. The van der Waals surface area contributed by atoms with E-state index in [9.17, 15) is 0 Å². The van der Waals surface area contributed by atoms with Crippen molar-refractivity contribution in [2.24, 2.45) is 0 Å². The van der Waals surface area contributed by atoms with Crippen LogP contribution in [-0.4, -0.2) is 11.6 Å². The van der Waals surface area contributed by atoms with Crippen molar-refractivity contribution in [2.75, 3.05) is 6.61 Å². The topological polar surface area (TPSA) is 22.1 Å². The van der Waals surface area contributed by atoms with Crippen LogP contribution in [0.15, 0.2) is 36.5 Å². The number of hydrogen-bond acceptors (Lipinski definition) is 2. The zero-order valence-corrected chi connectivity index (χ0v) is 12.9. The minimum Gasteiger partial charge on any atom is -0.493 e. The molecule has 19 heavy (non-hydrogen) atoms. The summed E-state index contributed by atoms with van der Waals surface area (Å²) in [7, 11) is 0. The number of pyridine rings is 1. The largest absolute Gasteiger partial charge is 0.493 e. The molecule has 0 fully saturated rings. The highest BCUT2D eigenvalue weighted by Gasteiger charge is 2.06. The van der Waals surface area contributed by atoms with Crippen molar-refractivity contribution < 1.29 is 4.74 Å². The molecular weight excluding hydrogens is 302 g/mol. The molecule has 0 N–H and O–H groups in total. The maximum Gasteiger partial charge on any atom is 0.125 e. The maximum absolute atomic E-state index is 5.92. The molecule has 1 aromatic heterocycles. The van der Waals surface area contributed by atoms with E-state index in [4.69, 9.17) is 4.74 Å². The van der Waals surface area contributed by atoms with Gasteiger partial charge in [0.1, 0.15) is 5.75 Å². The monoisotopic (exact) mass is 319 g/mol. The molecule has 2 nitrogen and oxygen atoms in total. The highest BCUT2D eigenvalue weighted by atomic mass is 79.9. The summed E-state index contributed by atoms with van der Waals surface area (Å²) in [5.74, 6) is 1.00. The van der Waals surface area contributed by atoms with Gasteiger partial charge in [0.25, 0.3) is 0 Å². The van der Waals surface area contributed by atoms with Crippen molar-refractivity contribution in [3.05, 3.63) is 58.9 Å². The van der Waals surface area contributed by atoms with Crippen LogP contribution in [0.2, 0.25) is 0 Å². The van der Waals surface area contributed by atoms with Crippen molar-refractivity contribution >= 4 is 15.9 Å². The zero-order chi connectivity index (χ0) is 13.7. The zero-order valence-electron chi connectivity index (χ0n) is 11.3. The maximum atomic E-state index is 5.92. The van der Waals surface area contributed by atoms with E-state index in [-0.39, 0.29) is 0 Å². The second-order valence-corrected chi connectivity index (χ2v) is 5.17. The van der Waals surface area contributed by atoms with E-state index in [1.807, 2.05) is 24.4 Å². The van der Waals surface area contributed by atoms with Crippen LogP contribution in [0.1, 0.15) is 22.4 Å². The Hall–Kier alpha value is -1.35. The molecule has 3 heteroatoms. The van der Waals surface area contributed by atoms with Crippen LogP contribution in [0.3, 0.4) is 0 Å². The van der Waals surface area contributed by atoms with E-state index in [0.717, 1.165) is 23.2 Å². The van der Waals surface area contributed by atoms with Crippen molar-refractivity contribution in [1.29, 1.82) is 0 Å². The van der Waals surface area contributed by atoms with Gasteiger partial charge in [-0.1, -0.05) is 34.1 Å². The molecule has 2 rings (SSSR count). The summed E-state index contributed by atoms with van der Waals surface area (Å²) in [6.07, 6.45) is 2.65. The smallest absolute Gasteiger partial charge is 0.125 e. The molecule has 0 radical (unpaired) electrons. The quantitative estimate of drug-likeness (QED) is 0.770. The van der Waals surface area contributed by atoms with Gasteiger partial charge in [-0.25, -0.2) is 0 Å². The van der Waals surface area contributed by atoms with Gasteiger partial charge in [0.15, 0.2) is 0 Å². The highest BCUT2D eigenvalue weighted by Crippen LogP contribution is 2.25. The second-order valence-electron chi connectivity index (χ2n) is 4.61. The first kappa shape index (κ1) is 14.1. The number of aryl methyl sites for hydroxylation is 2. The fraction of sp³-hybridized carbons (Fsp3) is 0.312. The third-order valence-corrected chi connectivity index (χ3v) is 3.65. The molecule has 0 bridgehead atoms. The first-order valence-electron chi connectivity index (χ1n) is 6.39. The predicted molar refractivity (Wildman–Crippen MR) is 82.0 cm³/mol. The average molecular weight is 320 g/mol. The molecule has 0 spiro atoms. The Balaban J connectivity index is 2.00. The number of ether oxygens (including phenoxy) is 1. The lowest BCUT2D eigenvalue weighted by Gasteiger charge is -2.13. The molecule has 1 aromatic carbocycles. The molecule has 0 saturated carbocycles. The van der Waals surface area contributed by atoms with E-state index in [1.54, 1.807) is 0 Å². The van der Waals surface area contributed by atoms with Gasteiger partial charge < -0.3 is 4.74 Å². The molecule has 0 saturated heterocycles. The number of aromatic nitrogens is 1. The van der Waals surface area contributed by atoms with Gasteiger partial charge in [0.05, 0.1) is 6.61 Å². The molecule has 0 amide bonds. The van der Waals surface area contributed by atoms with Gasteiger partial charge in [-0.05, 0) is 42.7 Å². The average Bonchev–Trinajstić information content (AvgIpc) is 2.42.